The summed E-state index contributed by atoms with van der Waals surface area (Å²) in [6.07, 6.45) is 2.53. The fraction of sp³-hybridized carbons (Fsp3) is 0.360. The molecule has 0 unspecified atom stereocenters. The number of thioether (sulfide) groups is 1. The molecule has 1 saturated carbocycles. The summed E-state index contributed by atoms with van der Waals surface area (Å²) in [5.74, 6) is 2.37. The van der Waals surface area contributed by atoms with Crippen LogP contribution in [0.4, 0.5) is 5.69 Å². The average Bonchev–Trinajstić information content (AvgIpc) is 3.61. The largest absolute Gasteiger partial charge is 0.494 e. The van der Waals surface area contributed by atoms with E-state index in [9.17, 15) is 4.79 Å². The van der Waals surface area contributed by atoms with Crippen molar-refractivity contribution in [2.24, 2.45) is 0 Å². The van der Waals surface area contributed by atoms with E-state index in [0.29, 0.717) is 25.6 Å². The highest BCUT2D eigenvalue weighted by Crippen LogP contribution is 2.40. The number of anilines is 1. The summed E-state index contributed by atoms with van der Waals surface area (Å²) >= 11 is 1.40. The third kappa shape index (κ3) is 5.93. The Balaban J connectivity index is 1.48. The maximum Gasteiger partial charge on any atom is 0.237 e. The van der Waals surface area contributed by atoms with Crippen molar-refractivity contribution in [3.8, 4) is 11.8 Å². The first-order valence-electron chi connectivity index (χ1n) is 11.2. The minimum absolute atomic E-state index is 0.0679. The zero-order valence-electron chi connectivity index (χ0n) is 18.7. The van der Waals surface area contributed by atoms with Crippen LogP contribution in [-0.2, 0) is 11.3 Å². The molecule has 0 spiro atoms. The number of nitrogens with zero attached hydrogens (tertiary/aromatic N) is 5. The highest BCUT2D eigenvalue weighted by molar-refractivity contribution is 7.99. The van der Waals surface area contributed by atoms with E-state index in [4.69, 9.17) is 10.00 Å². The summed E-state index contributed by atoms with van der Waals surface area (Å²) in [6, 6.07) is 19.8. The van der Waals surface area contributed by atoms with Gasteiger partial charge in [0.25, 0.3) is 0 Å². The Morgan fingerprint density at radius 2 is 1.94 bits per heavy atom. The number of carbonyl (C=O) groups excluding carboxylic acids is 1. The van der Waals surface area contributed by atoms with Crippen LogP contribution in [0.2, 0.25) is 0 Å². The van der Waals surface area contributed by atoms with Crippen LogP contribution < -0.4 is 9.64 Å². The van der Waals surface area contributed by atoms with E-state index in [1.807, 2.05) is 49.4 Å². The maximum atomic E-state index is 13.2. The highest BCUT2D eigenvalue weighted by atomic mass is 32.2. The summed E-state index contributed by atoms with van der Waals surface area (Å²) in [5, 5.41) is 18.7. The maximum absolute atomic E-state index is 13.2. The molecule has 1 fully saturated rings. The summed E-state index contributed by atoms with van der Waals surface area (Å²) in [5.41, 5.74) is 1.93. The van der Waals surface area contributed by atoms with Gasteiger partial charge in [-0.25, -0.2) is 0 Å². The number of benzene rings is 2. The zero-order chi connectivity index (χ0) is 23.0. The average molecular weight is 462 g/mol. The molecule has 0 aliphatic heterocycles. The van der Waals surface area contributed by atoms with Crippen LogP contribution in [0.1, 0.15) is 43.5 Å². The smallest absolute Gasteiger partial charge is 0.237 e. The Labute approximate surface area is 198 Å². The third-order valence-electron chi connectivity index (χ3n) is 5.40. The number of ether oxygens (including phenoxy) is 1. The van der Waals surface area contributed by atoms with Crippen molar-refractivity contribution in [2.75, 3.05) is 23.8 Å². The van der Waals surface area contributed by atoms with Crippen molar-refractivity contribution in [3.63, 3.8) is 0 Å². The van der Waals surface area contributed by atoms with Crippen LogP contribution >= 0.6 is 11.8 Å². The van der Waals surface area contributed by atoms with E-state index in [0.717, 1.165) is 35.3 Å². The number of amides is 1. The van der Waals surface area contributed by atoms with E-state index in [1.165, 1.54) is 17.3 Å². The number of hydrogen-bond donors (Lipinski definition) is 0. The Morgan fingerprint density at radius 3 is 2.61 bits per heavy atom. The van der Waals surface area contributed by atoms with E-state index in [2.05, 4.69) is 33.0 Å². The molecule has 170 valence electrons. The predicted octanol–water partition coefficient (Wildman–Crippen LogP) is 4.64. The van der Waals surface area contributed by atoms with E-state index in [-0.39, 0.29) is 18.1 Å². The van der Waals surface area contributed by atoms with Crippen molar-refractivity contribution >= 4 is 23.4 Å². The molecule has 0 bridgehead atoms. The lowest BCUT2D eigenvalue weighted by atomic mass is 10.2. The fourth-order valence-electron chi connectivity index (χ4n) is 3.62. The molecule has 1 aliphatic carbocycles. The Bertz CT molecular complexity index is 1100. The normalized spacial score (nSPS) is 12.8. The van der Waals surface area contributed by atoms with Crippen LogP contribution in [0.3, 0.4) is 0 Å². The fourth-order valence-corrected chi connectivity index (χ4v) is 4.44. The van der Waals surface area contributed by atoms with Gasteiger partial charge >= 0.3 is 0 Å². The lowest BCUT2D eigenvalue weighted by molar-refractivity contribution is -0.116. The Kier molecular flexibility index (Phi) is 7.63. The van der Waals surface area contributed by atoms with Crippen LogP contribution in [-0.4, -0.2) is 39.6 Å². The molecule has 7 nitrogen and oxygen atoms in total. The molecule has 4 rings (SSSR count). The summed E-state index contributed by atoms with van der Waals surface area (Å²) in [4.78, 5) is 14.8. The van der Waals surface area contributed by atoms with Crippen LogP contribution in [0.5, 0.6) is 5.75 Å². The van der Waals surface area contributed by atoms with Crippen LogP contribution in [0.25, 0.3) is 0 Å². The van der Waals surface area contributed by atoms with Gasteiger partial charge in [0.05, 0.1) is 31.4 Å². The van der Waals surface area contributed by atoms with Gasteiger partial charge < -0.3 is 14.2 Å². The Morgan fingerprint density at radius 1 is 1.18 bits per heavy atom. The highest BCUT2D eigenvalue weighted by Gasteiger charge is 2.30. The number of rotatable bonds is 11. The molecular weight excluding hydrogens is 434 g/mol. The van der Waals surface area contributed by atoms with Crippen molar-refractivity contribution in [2.45, 2.75) is 43.8 Å². The zero-order valence-corrected chi connectivity index (χ0v) is 19.5. The van der Waals surface area contributed by atoms with E-state index >= 15 is 0 Å². The van der Waals surface area contributed by atoms with Gasteiger partial charge in [-0.3, -0.25) is 4.79 Å². The van der Waals surface area contributed by atoms with Gasteiger partial charge in [-0.2, -0.15) is 5.26 Å². The molecule has 1 aliphatic rings. The summed E-state index contributed by atoms with van der Waals surface area (Å²) < 4.78 is 7.64. The van der Waals surface area contributed by atoms with Crippen LogP contribution in [0, 0.1) is 11.3 Å². The van der Waals surface area contributed by atoms with Gasteiger partial charge in [-0.1, -0.05) is 42.1 Å². The molecular formula is C25H27N5O2S. The lowest BCUT2D eigenvalue weighted by Crippen LogP contribution is -2.33. The van der Waals surface area contributed by atoms with Gasteiger partial charge in [0, 0.05) is 18.2 Å². The third-order valence-corrected chi connectivity index (χ3v) is 6.36. The van der Waals surface area contributed by atoms with Gasteiger partial charge in [-0.05, 0) is 49.6 Å². The van der Waals surface area contributed by atoms with Gasteiger partial charge in [-0.15, -0.1) is 10.2 Å². The summed E-state index contributed by atoms with van der Waals surface area (Å²) in [7, 11) is 0. The van der Waals surface area contributed by atoms with Crippen molar-refractivity contribution in [1.29, 1.82) is 5.26 Å². The number of aromatic nitrogens is 3. The number of nitriles is 1. The first kappa shape index (κ1) is 22.9. The molecule has 0 saturated heterocycles. The van der Waals surface area contributed by atoms with Crippen molar-refractivity contribution < 1.29 is 9.53 Å². The molecule has 1 heterocycles. The van der Waals surface area contributed by atoms with Gasteiger partial charge in [0.15, 0.2) is 5.16 Å². The molecule has 0 N–H and O–H groups in total. The van der Waals surface area contributed by atoms with E-state index < -0.39 is 0 Å². The first-order valence-corrected chi connectivity index (χ1v) is 12.2. The molecule has 1 amide bonds. The monoisotopic (exact) mass is 461 g/mol. The molecule has 2 aromatic carbocycles. The lowest BCUT2D eigenvalue weighted by Gasteiger charge is -2.22. The summed E-state index contributed by atoms with van der Waals surface area (Å²) in [6.45, 7) is 3.54. The molecule has 0 radical (unpaired) electrons. The topological polar surface area (TPSA) is 84.0 Å². The minimum Gasteiger partial charge on any atom is -0.494 e. The molecule has 8 heteroatoms. The minimum atomic E-state index is -0.0679. The number of carbonyl (C=O) groups is 1. The Hall–Kier alpha value is -3.31. The van der Waals surface area contributed by atoms with Crippen LogP contribution in [0.15, 0.2) is 59.8 Å². The van der Waals surface area contributed by atoms with Crippen molar-refractivity contribution in [3.05, 3.63) is 66.0 Å². The second kappa shape index (κ2) is 11.0. The van der Waals surface area contributed by atoms with E-state index in [1.54, 1.807) is 4.90 Å². The second-order valence-electron chi connectivity index (χ2n) is 7.86. The quantitative estimate of drug-likeness (QED) is 0.387. The van der Waals surface area contributed by atoms with Gasteiger partial charge in [0.2, 0.25) is 5.91 Å². The number of hydrogen-bond acceptors (Lipinski definition) is 6. The molecule has 33 heavy (non-hydrogen) atoms. The molecule has 3 aromatic rings. The predicted molar refractivity (Wildman–Crippen MR) is 128 cm³/mol. The van der Waals surface area contributed by atoms with Crippen molar-refractivity contribution in [1.82, 2.24) is 14.8 Å². The second-order valence-corrected chi connectivity index (χ2v) is 8.80. The SMILES string of the molecule is CCOc1ccc(N(CCC#N)C(=O)CSc2nnc(C3CC3)n2Cc2ccccc2)cc1. The first-order chi connectivity index (χ1) is 16.2. The molecule has 0 atom stereocenters. The van der Waals surface area contributed by atoms with Gasteiger partial charge in [0.1, 0.15) is 11.6 Å². The standard InChI is InChI=1S/C25H27N5O2S/c1-2-32-22-13-11-21(12-14-22)29(16-6-15-26)23(31)18-33-25-28-27-24(20-9-10-20)30(25)17-19-7-4-3-5-8-19/h3-5,7-8,11-14,20H,2,6,9-10,16-18H2,1H3. The molecule has 1 aromatic heterocycles.